The normalized spacial score (nSPS) is 10.9. The number of aromatic nitrogens is 3. The van der Waals surface area contributed by atoms with Crippen molar-refractivity contribution in [3.05, 3.63) is 33.0 Å². The van der Waals surface area contributed by atoms with Crippen molar-refractivity contribution >= 4 is 5.82 Å². The van der Waals surface area contributed by atoms with Crippen molar-refractivity contribution < 1.29 is 0 Å². The summed E-state index contributed by atoms with van der Waals surface area (Å²) in [5, 5.41) is 6.64. The summed E-state index contributed by atoms with van der Waals surface area (Å²) in [6, 6.07) is 0. The first-order valence-electron chi connectivity index (χ1n) is 4.81. The number of nitrogens with zero attached hydrogens (tertiary/aromatic N) is 3. The van der Waals surface area contributed by atoms with Crippen molar-refractivity contribution in [3.63, 3.8) is 0 Å². The fourth-order valence-electron chi connectivity index (χ4n) is 1.14. The van der Waals surface area contributed by atoms with Gasteiger partial charge in [0.15, 0.2) is 0 Å². The van der Waals surface area contributed by atoms with Crippen LogP contribution in [0, 0.1) is 0 Å². The van der Waals surface area contributed by atoms with E-state index in [2.05, 4.69) is 10.4 Å². The van der Waals surface area contributed by atoms with E-state index < -0.39 is 11.2 Å². The number of aryl methyl sites for hydroxylation is 1. The number of nitrogens with one attached hydrogen (secondary N) is 1. The molecule has 0 amide bonds. The minimum Gasteiger partial charge on any atom is -0.361 e. The van der Waals surface area contributed by atoms with E-state index in [0.29, 0.717) is 13.1 Å². The monoisotopic (exact) mass is 225 g/mol. The minimum absolute atomic E-state index is 0.145. The molecule has 1 rings (SSSR count). The van der Waals surface area contributed by atoms with Gasteiger partial charge in [-0.15, -0.1) is 5.10 Å². The van der Waals surface area contributed by atoms with Gasteiger partial charge in [-0.3, -0.25) is 9.36 Å². The molecule has 0 aliphatic carbocycles. The SMILES string of the molecule is Cn1nc(NC/C=C/CN)c(=O)n(C)c1=O. The van der Waals surface area contributed by atoms with Gasteiger partial charge in [0, 0.05) is 27.2 Å². The minimum atomic E-state index is -0.451. The number of nitrogens with two attached hydrogens (primary N) is 1. The van der Waals surface area contributed by atoms with Gasteiger partial charge in [-0.1, -0.05) is 12.2 Å². The standard InChI is InChI=1S/C9H15N5O2/c1-13-8(15)7(11-6-4-3-5-10)12-14(2)9(13)16/h3-4H,5-6,10H2,1-2H3,(H,11,12)/b4-3+. The summed E-state index contributed by atoms with van der Waals surface area (Å²) in [5.74, 6) is 0.145. The van der Waals surface area contributed by atoms with Gasteiger partial charge in [-0.25, -0.2) is 9.48 Å². The molecule has 0 saturated heterocycles. The molecule has 0 fully saturated rings. The first-order valence-corrected chi connectivity index (χ1v) is 4.81. The van der Waals surface area contributed by atoms with Crippen LogP contribution in [-0.2, 0) is 14.1 Å². The molecular formula is C9H15N5O2. The maximum atomic E-state index is 11.6. The summed E-state index contributed by atoms with van der Waals surface area (Å²) < 4.78 is 2.11. The van der Waals surface area contributed by atoms with Crippen LogP contribution in [0.5, 0.6) is 0 Å². The van der Waals surface area contributed by atoms with Crippen molar-refractivity contribution in [3.8, 4) is 0 Å². The predicted molar refractivity (Wildman–Crippen MR) is 61.4 cm³/mol. The van der Waals surface area contributed by atoms with Crippen LogP contribution in [0.3, 0.4) is 0 Å². The smallest absolute Gasteiger partial charge is 0.346 e. The van der Waals surface area contributed by atoms with Crippen LogP contribution in [-0.4, -0.2) is 27.4 Å². The Labute approximate surface area is 92.2 Å². The van der Waals surface area contributed by atoms with Crippen LogP contribution in [0.1, 0.15) is 0 Å². The van der Waals surface area contributed by atoms with Gasteiger partial charge < -0.3 is 11.1 Å². The summed E-state index contributed by atoms with van der Waals surface area (Å²) in [6.07, 6.45) is 3.55. The van der Waals surface area contributed by atoms with Crippen molar-refractivity contribution in [2.45, 2.75) is 0 Å². The molecule has 1 aromatic rings. The highest BCUT2D eigenvalue weighted by molar-refractivity contribution is 5.30. The molecule has 1 heterocycles. The lowest BCUT2D eigenvalue weighted by Gasteiger charge is -2.05. The van der Waals surface area contributed by atoms with Crippen LogP contribution in [0.25, 0.3) is 0 Å². The second-order valence-corrected chi connectivity index (χ2v) is 3.21. The first kappa shape index (κ1) is 12.2. The molecule has 0 atom stereocenters. The zero-order chi connectivity index (χ0) is 12.1. The van der Waals surface area contributed by atoms with Crippen molar-refractivity contribution in [2.24, 2.45) is 19.8 Å². The zero-order valence-electron chi connectivity index (χ0n) is 9.30. The van der Waals surface area contributed by atoms with E-state index in [1.165, 1.54) is 14.1 Å². The highest BCUT2D eigenvalue weighted by Crippen LogP contribution is 1.88. The van der Waals surface area contributed by atoms with Gasteiger partial charge in [-0.2, -0.15) is 0 Å². The molecular weight excluding hydrogens is 210 g/mol. The number of hydrogen-bond donors (Lipinski definition) is 2. The van der Waals surface area contributed by atoms with Gasteiger partial charge in [0.05, 0.1) is 0 Å². The van der Waals surface area contributed by atoms with Crippen LogP contribution in [0.4, 0.5) is 5.82 Å². The van der Waals surface area contributed by atoms with Crippen molar-refractivity contribution in [2.75, 3.05) is 18.4 Å². The summed E-state index contributed by atoms with van der Waals surface area (Å²) in [7, 11) is 2.90. The molecule has 16 heavy (non-hydrogen) atoms. The molecule has 0 aromatic carbocycles. The van der Waals surface area contributed by atoms with Crippen LogP contribution < -0.4 is 22.3 Å². The summed E-state index contributed by atoms with van der Waals surface area (Å²) in [5.41, 5.74) is 4.37. The predicted octanol–water partition coefficient (Wildman–Crippen LogP) is -1.59. The third-order valence-electron chi connectivity index (χ3n) is 2.01. The lowest BCUT2D eigenvalue weighted by molar-refractivity contribution is 0.605. The molecule has 0 radical (unpaired) electrons. The van der Waals surface area contributed by atoms with Gasteiger partial charge in [0.25, 0.3) is 5.56 Å². The third-order valence-corrected chi connectivity index (χ3v) is 2.01. The Morgan fingerprint density at radius 3 is 2.69 bits per heavy atom. The molecule has 0 spiro atoms. The molecule has 0 unspecified atom stereocenters. The average molecular weight is 225 g/mol. The van der Waals surface area contributed by atoms with Gasteiger partial charge in [-0.05, 0) is 0 Å². The fraction of sp³-hybridized carbons (Fsp3) is 0.444. The second kappa shape index (κ2) is 5.26. The Morgan fingerprint density at radius 2 is 2.06 bits per heavy atom. The highest BCUT2D eigenvalue weighted by atomic mass is 16.2. The largest absolute Gasteiger partial charge is 0.361 e. The maximum absolute atomic E-state index is 11.6. The first-order chi connectivity index (χ1) is 7.57. The Balaban J connectivity index is 2.94. The van der Waals surface area contributed by atoms with E-state index >= 15 is 0 Å². The fourth-order valence-corrected chi connectivity index (χ4v) is 1.14. The number of anilines is 1. The van der Waals surface area contributed by atoms with Crippen LogP contribution >= 0.6 is 0 Å². The molecule has 0 aliphatic rings. The topological polar surface area (TPSA) is 94.9 Å². The Morgan fingerprint density at radius 1 is 1.38 bits per heavy atom. The Hall–Kier alpha value is -1.89. The quantitative estimate of drug-likeness (QED) is 0.602. The van der Waals surface area contributed by atoms with E-state index in [0.717, 1.165) is 9.25 Å². The molecule has 0 bridgehead atoms. The molecule has 3 N–H and O–H groups in total. The second-order valence-electron chi connectivity index (χ2n) is 3.21. The lowest BCUT2D eigenvalue weighted by atomic mass is 10.5. The highest BCUT2D eigenvalue weighted by Gasteiger charge is 2.06. The van der Waals surface area contributed by atoms with Crippen molar-refractivity contribution in [1.82, 2.24) is 14.3 Å². The van der Waals surface area contributed by atoms with Crippen LogP contribution in [0.15, 0.2) is 21.7 Å². The van der Waals surface area contributed by atoms with E-state index in [4.69, 9.17) is 5.73 Å². The molecule has 0 aliphatic heterocycles. The van der Waals surface area contributed by atoms with Gasteiger partial charge >= 0.3 is 5.69 Å². The average Bonchev–Trinajstić information content (AvgIpc) is 2.28. The van der Waals surface area contributed by atoms with E-state index in [1.807, 2.05) is 0 Å². The van der Waals surface area contributed by atoms with E-state index in [-0.39, 0.29) is 5.82 Å². The van der Waals surface area contributed by atoms with Crippen molar-refractivity contribution in [1.29, 1.82) is 0 Å². The van der Waals surface area contributed by atoms with Gasteiger partial charge in [0.2, 0.25) is 5.82 Å². The summed E-state index contributed by atoms with van der Waals surface area (Å²) >= 11 is 0. The number of hydrogen-bond acceptors (Lipinski definition) is 5. The molecule has 7 nitrogen and oxygen atoms in total. The summed E-state index contributed by atoms with van der Waals surface area (Å²) in [6.45, 7) is 0.887. The third kappa shape index (κ3) is 2.57. The summed E-state index contributed by atoms with van der Waals surface area (Å²) in [4.78, 5) is 22.9. The Kier molecular flexibility index (Phi) is 4.01. The molecule has 1 aromatic heterocycles. The van der Waals surface area contributed by atoms with Gasteiger partial charge in [0.1, 0.15) is 0 Å². The number of rotatable bonds is 4. The zero-order valence-corrected chi connectivity index (χ0v) is 9.30. The molecule has 0 saturated carbocycles. The lowest BCUT2D eigenvalue weighted by Crippen LogP contribution is -2.40. The van der Waals surface area contributed by atoms with Crippen LogP contribution in [0.2, 0.25) is 0 Å². The van der Waals surface area contributed by atoms with E-state index in [1.54, 1.807) is 12.2 Å². The molecule has 88 valence electrons. The Bertz CT molecular complexity index is 500. The maximum Gasteiger partial charge on any atom is 0.346 e. The van der Waals surface area contributed by atoms with E-state index in [9.17, 15) is 9.59 Å². The molecule has 7 heteroatoms.